The molecule has 0 bridgehead atoms. The molecular formula is C15H31NO5. The van der Waals surface area contributed by atoms with E-state index in [4.69, 9.17) is 24.7 Å². The molecule has 0 aliphatic rings. The zero-order chi connectivity index (χ0) is 15.6. The Hall–Kier alpha value is -0.690. The first-order valence-corrected chi connectivity index (χ1v) is 7.90. The summed E-state index contributed by atoms with van der Waals surface area (Å²) < 4.78 is 21.0. The Bertz CT molecular complexity index is 226. The van der Waals surface area contributed by atoms with E-state index >= 15 is 0 Å². The Kier molecular flexibility index (Phi) is 16.8. The smallest absolute Gasteiger partial charge is 0.305 e. The van der Waals surface area contributed by atoms with Gasteiger partial charge < -0.3 is 24.7 Å². The minimum Gasteiger partial charge on any atom is -0.463 e. The number of esters is 1. The summed E-state index contributed by atoms with van der Waals surface area (Å²) >= 11 is 0. The molecule has 0 rings (SSSR count). The number of carbonyl (C=O) groups is 1. The number of nitrogens with two attached hydrogens (primary N) is 1. The molecule has 0 atom stereocenters. The highest BCUT2D eigenvalue weighted by atomic mass is 16.6. The van der Waals surface area contributed by atoms with Crippen LogP contribution in [-0.4, -0.2) is 58.8 Å². The van der Waals surface area contributed by atoms with Gasteiger partial charge in [0.2, 0.25) is 0 Å². The summed E-state index contributed by atoms with van der Waals surface area (Å²) in [6, 6.07) is 0. The molecule has 0 aromatic carbocycles. The Morgan fingerprint density at radius 2 is 1.38 bits per heavy atom. The predicted octanol–water partition coefficient (Wildman–Crippen LogP) is 1.51. The van der Waals surface area contributed by atoms with Crippen LogP contribution in [0.2, 0.25) is 0 Å². The van der Waals surface area contributed by atoms with E-state index in [2.05, 4.69) is 6.92 Å². The fraction of sp³-hybridized carbons (Fsp3) is 0.933. The van der Waals surface area contributed by atoms with Crippen LogP contribution in [0.15, 0.2) is 0 Å². The van der Waals surface area contributed by atoms with Gasteiger partial charge in [-0.25, -0.2) is 0 Å². The second kappa shape index (κ2) is 17.4. The maximum absolute atomic E-state index is 11.2. The average molecular weight is 305 g/mol. The van der Waals surface area contributed by atoms with Crippen LogP contribution in [0.5, 0.6) is 0 Å². The molecule has 0 radical (unpaired) electrons. The third kappa shape index (κ3) is 17.3. The summed E-state index contributed by atoms with van der Waals surface area (Å²) in [5.74, 6) is -0.187. The molecule has 0 fully saturated rings. The van der Waals surface area contributed by atoms with Gasteiger partial charge in [-0.1, -0.05) is 13.3 Å². The molecule has 0 aliphatic heterocycles. The molecule has 0 heterocycles. The minimum absolute atomic E-state index is 0.187. The lowest BCUT2D eigenvalue weighted by Gasteiger charge is -2.07. The molecule has 0 unspecified atom stereocenters. The summed E-state index contributed by atoms with van der Waals surface area (Å²) in [5, 5.41) is 0. The zero-order valence-corrected chi connectivity index (χ0v) is 13.3. The van der Waals surface area contributed by atoms with Crippen LogP contribution in [-0.2, 0) is 23.7 Å². The van der Waals surface area contributed by atoms with E-state index in [1.807, 2.05) is 0 Å². The van der Waals surface area contributed by atoms with E-state index < -0.39 is 0 Å². The van der Waals surface area contributed by atoms with Crippen molar-refractivity contribution in [2.24, 2.45) is 5.73 Å². The summed E-state index contributed by atoms with van der Waals surface area (Å²) in [7, 11) is 0. The van der Waals surface area contributed by atoms with Crippen LogP contribution >= 0.6 is 0 Å². The second-order valence-corrected chi connectivity index (χ2v) is 4.66. The molecular weight excluding hydrogens is 274 g/mol. The highest BCUT2D eigenvalue weighted by molar-refractivity contribution is 5.69. The van der Waals surface area contributed by atoms with Gasteiger partial charge in [0.15, 0.2) is 0 Å². The standard InChI is InChI=1S/C15H31NO5/c1-2-3-8-18-9-10-19-11-12-20-13-14-21-15(17)6-4-5-7-16/h2-14,16H2,1H3. The number of hydrogen-bond donors (Lipinski definition) is 1. The van der Waals surface area contributed by atoms with Crippen molar-refractivity contribution in [3.8, 4) is 0 Å². The molecule has 126 valence electrons. The van der Waals surface area contributed by atoms with E-state index in [1.54, 1.807) is 0 Å². The van der Waals surface area contributed by atoms with Gasteiger partial charge in [-0.2, -0.15) is 0 Å². The molecule has 0 aromatic heterocycles. The number of rotatable bonds is 16. The van der Waals surface area contributed by atoms with Crippen molar-refractivity contribution >= 4 is 5.97 Å². The quantitative estimate of drug-likeness (QED) is 0.344. The van der Waals surface area contributed by atoms with Crippen LogP contribution in [0, 0.1) is 0 Å². The molecule has 0 spiro atoms. The number of ether oxygens (including phenoxy) is 4. The summed E-state index contributed by atoms with van der Waals surface area (Å²) in [5.41, 5.74) is 5.34. The topological polar surface area (TPSA) is 80.0 Å². The molecule has 0 amide bonds. The highest BCUT2D eigenvalue weighted by Crippen LogP contribution is 1.96. The first-order valence-electron chi connectivity index (χ1n) is 7.90. The van der Waals surface area contributed by atoms with Gasteiger partial charge in [-0.3, -0.25) is 4.79 Å². The van der Waals surface area contributed by atoms with Gasteiger partial charge >= 0.3 is 5.97 Å². The molecule has 2 N–H and O–H groups in total. The predicted molar refractivity (Wildman–Crippen MR) is 81.2 cm³/mol. The normalized spacial score (nSPS) is 10.8. The molecule has 0 aromatic rings. The van der Waals surface area contributed by atoms with Crippen LogP contribution < -0.4 is 5.73 Å². The highest BCUT2D eigenvalue weighted by Gasteiger charge is 2.01. The van der Waals surface area contributed by atoms with Gasteiger partial charge in [0.1, 0.15) is 6.61 Å². The molecule has 0 saturated carbocycles. The SMILES string of the molecule is CCCCOCCOCCOCCOC(=O)CCCCN. The fourth-order valence-corrected chi connectivity index (χ4v) is 1.49. The van der Waals surface area contributed by atoms with Gasteiger partial charge in [-0.15, -0.1) is 0 Å². The van der Waals surface area contributed by atoms with Crippen molar-refractivity contribution in [2.45, 2.75) is 39.0 Å². The number of carbonyl (C=O) groups excluding carboxylic acids is 1. The van der Waals surface area contributed by atoms with Crippen molar-refractivity contribution in [1.82, 2.24) is 0 Å². The summed E-state index contributed by atoms with van der Waals surface area (Å²) in [6.07, 6.45) is 4.30. The Balaban J connectivity index is 3.06. The van der Waals surface area contributed by atoms with Crippen molar-refractivity contribution in [2.75, 3.05) is 52.8 Å². The second-order valence-electron chi connectivity index (χ2n) is 4.66. The lowest BCUT2D eigenvalue weighted by Crippen LogP contribution is -2.14. The average Bonchev–Trinajstić information content (AvgIpc) is 2.48. The van der Waals surface area contributed by atoms with E-state index in [-0.39, 0.29) is 5.97 Å². The van der Waals surface area contributed by atoms with E-state index in [1.165, 1.54) is 0 Å². The van der Waals surface area contributed by atoms with Crippen LogP contribution in [0.3, 0.4) is 0 Å². The minimum atomic E-state index is -0.187. The van der Waals surface area contributed by atoms with Gasteiger partial charge in [0.25, 0.3) is 0 Å². The lowest BCUT2D eigenvalue weighted by atomic mass is 10.2. The Morgan fingerprint density at radius 1 is 0.810 bits per heavy atom. The third-order valence-corrected chi connectivity index (χ3v) is 2.71. The summed E-state index contributed by atoms with van der Waals surface area (Å²) in [4.78, 5) is 11.2. The van der Waals surface area contributed by atoms with Crippen LogP contribution in [0.4, 0.5) is 0 Å². The summed E-state index contributed by atoms with van der Waals surface area (Å²) in [6.45, 7) is 6.48. The maximum atomic E-state index is 11.2. The van der Waals surface area contributed by atoms with Crippen LogP contribution in [0.1, 0.15) is 39.0 Å². The molecule has 0 saturated heterocycles. The molecule has 6 heteroatoms. The Morgan fingerprint density at radius 3 is 1.95 bits per heavy atom. The zero-order valence-electron chi connectivity index (χ0n) is 13.3. The largest absolute Gasteiger partial charge is 0.463 e. The first-order chi connectivity index (χ1) is 10.3. The lowest BCUT2D eigenvalue weighted by molar-refractivity contribution is -0.145. The van der Waals surface area contributed by atoms with Gasteiger partial charge in [0, 0.05) is 13.0 Å². The first kappa shape index (κ1) is 20.3. The molecule has 0 aliphatic carbocycles. The third-order valence-electron chi connectivity index (χ3n) is 2.71. The van der Waals surface area contributed by atoms with E-state index in [9.17, 15) is 4.79 Å². The molecule has 6 nitrogen and oxygen atoms in total. The van der Waals surface area contributed by atoms with Gasteiger partial charge in [0.05, 0.1) is 33.0 Å². The number of hydrogen-bond acceptors (Lipinski definition) is 6. The van der Waals surface area contributed by atoms with Crippen molar-refractivity contribution in [1.29, 1.82) is 0 Å². The number of unbranched alkanes of at least 4 members (excludes halogenated alkanes) is 2. The van der Waals surface area contributed by atoms with Crippen molar-refractivity contribution in [3.63, 3.8) is 0 Å². The van der Waals surface area contributed by atoms with E-state index in [0.717, 1.165) is 32.3 Å². The Labute approximate surface area is 128 Å². The molecule has 21 heavy (non-hydrogen) atoms. The van der Waals surface area contributed by atoms with Gasteiger partial charge in [-0.05, 0) is 25.8 Å². The van der Waals surface area contributed by atoms with Crippen molar-refractivity contribution < 1.29 is 23.7 Å². The maximum Gasteiger partial charge on any atom is 0.305 e. The van der Waals surface area contributed by atoms with Crippen molar-refractivity contribution in [3.05, 3.63) is 0 Å². The monoisotopic (exact) mass is 305 g/mol. The van der Waals surface area contributed by atoms with E-state index in [0.29, 0.717) is 52.6 Å². The van der Waals surface area contributed by atoms with Crippen LogP contribution in [0.25, 0.3) is 0 Å². The fourth-order valence-electron chi connectivity index (χ4n) is 1.49.